The Morgan fingerprint density at radius 1 is 0.917 bits per heavy atom. The van der Waals surface area contributed by atoms with E-state index in [9.17, 15) is 4.79 Å². The van der Waals surface area contributed by atoms with Crippen molar-refractivity contribution in [3.63, 3.8) is 0 Å². The van der Waals surface area contributed by atoms with Gasteiger partial charge in [-0.2, -0.15) is 10.2 Å². The van der Waals surface area contributed by atoms with Crippen LogP contribution in [-0.4, -0.2) is 18.3 Å². The zero-order valence-electron chi connectivity index (χ0n) is 12.5. The standard InChI is InChI=1S/C17H14N4OS2/c22-17(21-19-12-16-7-3-9-24-16)13-4-1-5-14(10-13)20-18-11-15-6-2-8-23-15/h1-12,20H,(H,21,22)/b18-11-,19-12-. The summed E-state index contributed by atoms with van der Waals surface area (Å²) in [7, 11) is 0. The average molecular weight is 354 g/mol. The molecule has 2 aromatic heterocycles. The van der Waals surface area contributed by atoms with Crippen LogP contribution >= 0.6 is 22.7 Å². The molecule has 1 aromatic carbocycles. The Kier molecular flexibility index (Phi) is 5.49. The maximum absolute atomic E-state index is 12.1. The molecule has 0 unspecified atom stereocenters. The zero-order chi connectivity index (χ0) is 16.6. The molecule has 0 aliphatic carbocycles. The lowest BCUT2D eigenvalue weighted by Crippen LogP contribution is -2.17. The molecule has 0 fully saturated rings. The molecule has 7 heteroatoms. The van der Waals surface area contributed by atoms with Gasteiger partial charge >= 0.3 is 0 Å². The van der Waals surface area contributed by atoms with Crippen molar-refractivity contribution in [1.82, 2.24) is 5.43 Å². The van der Waals surface area contributed by atoms with Gasteiger partial charge in [-0.05, 0) is 41.1 Å². The molecule has 0 saturated carbocycles. The van der Waals surface area contributed by atoms with E-state index in [0.29, 0.717) is 5.56 Å². The zero-order valence-corrected chi connectivity index (χ0v) is 14.2. The molecule has 120 valence electrons. The van der Waals surface area contributed by atoms with Crippen molar-refractivity contribution in [3.8, 4) is 0 Å². The number of anilines is 1. The summed E-state index contributed by atoms with van der Waals surface area (Å²) in [4.78, 5) is 14.1. The minimum absolute atomic E-state index is 0.270. The van der Waals surface area contributed by atoms with Crippen LogP contribution in [0.3, 0.4) is 0 Å². The molecule has 24 heavy (non-hydrogen) atoms. The van der Waals surface area contributed by atoms with Crippen molar-refractivity contribution in [2.75, 3.05) is 5.43 Å². The maximum Gasteiger partial charge on any atom is 0.271 e. The molecule has 0 aliphatic rings. The minimum Gasteiger partial charge on any atom is -0.278 e. The lowest BCUT2D eigenvalue weighted by Gasteiger charge is -2.03. The normalized spacial score (nSPS) is 11.2. The molecule has 0 saturated heterocycles. The van der Waals surface area contributed by atoms with Gasteiger partial charge in [0.2, 0.25) is 0 Å². The van der Waals surface area contributed by atoms with Crippen LogP contribution in [0.4, 0.5) is 5.69 Å². The van der Waals surface area contributed by atoms with Gasteiger partial charge in [-0.3, -0.25) is 10.2 Å². The Hall–Kier alpha value is -2.77. The minimum atomic E-state index is -0.270. The molecule has 3 rings (SSSR count). The highest BCUT2D eigenvalue weighted by atomic mass is 32.1. The first kappa shape index (κ1) is 16.1. The Bertz CT molecular complexity index is 839. The third kappa shape index (κ3) is 4.61. The predicted molar refractivity (Wildman–Crippen MR) is 101 cm³/mol. The van der Waals surface area contributed by atoms with Gasteiger partial charge in [-0.25, -0.2) is 5.43 Å². The lowest BCUT2D eigenvalue weighted by molar-refractivity contribution is 0.0955. The molecule has 0 bridgehead atoms. The average Bonchev–Trinajstić information content (AvgIpc) is 3.29. The van der Waals surface area contributed by atoms with Crippen LogP contribution < -0.4 is 10.9 Å². The fraction of sp³-hybridized carbons (Fsp3) is 0. The van der Waals surface area contributed by atoms with Crippen LogP contribution in [0.5, 0.6) is 0 Å². The van der Waals surface area contributed by atoms with Gasteiger partial charge in [-0.1, -0.05) is 18.2 Å². The van der Waals surface area contributed by atoms with E-state index in [1.165, 1.54) is 0 Å². The molecule has 0 spiro atoms. The fourth-order valence-corrected chi connectivity index (χ4v) is 3.02. The molecular weight excluding hydrogens is 340 g/mol. The summed E-state index contributed by atoms with van der Waals surface area (Å²) in [5.74, 6) is -0.270. The number of hydrogen-bond donors (Lipinski definition) is 2. The number of nitrogens with zero attached hydrogens (tertiary/aromatic N) is 2. The third-order valence-electron chi connectivity index (χ3n) is 2.95. The molecular formula is C17H14N4OS2. The van der Waals surface area contributed by atoms with Gasteiger partial charge in [0.1, 0.15) is 0 Å². The number of carbonyl (C=O) groups excluding carboxylic acids is 1. The number of carbonyl (C=O) groups is 1. The van der Waals surface area contributed by atoms with Crippen LogP contribution in [0.1, 0.15) is 20.1 Å². The Labute approximate surface area is 147 Å². The van der Waals surface area contributed by atoms with Crippen LogP contribution in [0.25, 0.3) is 0 Å². The number of amides is 1. The molecule has 0 radical (unpaired) electrons. The summed E-state index contributed by atoms with van der Waals surface area (Å²) in [6, 6.07) is 14.9. The van der Waals surface area contributed by atoms with Gasteiger partial charge < -0.3 is 0 Å². The SMILES string of the molecule is O=C(N/N=C\c1cccs1)c1cccc(N/N=C\c2cccs2)c1. The number of nitrogens with one attached hydrogen (secondary N) is 2. The quantitative estimate of drug-likeness (QED) is 0.519. The van der Waals surface area contributed by atoms with Gasteiger partial charge in [0.05, 0.1) is 18.1 Å². The summed E-state index contributed by atoms with van der Waals surface area (Å²) in [6.45, 7) is 0. The van der Waals surface area contributed by atoms with E-state index < -0.39 is 0 Å². The van der Waals surface area contributed by atoms with E-state index >= 15 is 0 Å². The summed E-state index contributed by atoms with van der Waals surface area (Å²) >= 11 is 3.16. The molecule has 2 heterocycles. The monoisotopic (exact) mass is 354 g/mol. The van der Waals surface area contributed by atoms with Crippen molar-refractivity contribution < 1.29 is 4.79 Å². The summed E-state index contributed by atoms with van der Waals surface area (Å²) in [5.41, 5.74) is 6.67. The van der Waals surface area contributed by atoms with E-state index in [1.807, 2.05) is 41.1 Å². The molecule has 1 amide bonds. The molecule has 0 aliphatic heterocycles. The second-order valence-corrected chi connectivity index (χ2v) is 6.64. The van der Waals surface area contributed by atoms with Crippen LogP contribution in [0, 0.1) is 0 Å². The maximum atomic E-state index is 12.1. The predicted octanol–water partition coefficient (Wildman–Crippen LogP) is 4.02. The second kappa shape index (κ2) is 8.19. The first-order valence-corrected chi connectivity index (χ1v) is 8.87. The first-order valence-electron chi connectivity index (χ1n) is 7.11. The van der Waals surface area contributed by atoms with Crippen LogP contribution in [-0.2, 0) is 0 Å². The van der Waals surface area contributed by atoms with E-state index in [1.54, 1.807) is 53.3 Å². The highest BCUT2D eigenvalue weighted by Crippen LogP contribution is 2.11. The number of hydrogen-bond acceptors (Lipinski definition) is 6. The molecule has 3 aromatic rings. The van der Waals surface area contributed by atoms with Crippen molar-refractivity contribution in [2.45, 2.75) is 0 Å². The Balaban J connectivity index is 1.58. The molecule has 2 N–H and O–H groups in total. The number of thiophene rings is 2. The smallest absolute Gasteiger partial charge is 0.271 e. The highest BCUT2D eigenvalue weighted by molar-refractivity contribution is 7.12. The van der Waals surface area contributed by atoms with E-state index in [2.05, 4.69) is 21.1 Å². The van der Waals surface area contributed by atoms with Gasteiger partial charge in [0.25, 0.3) is 5.91 Å². The third-order valence-corrected chi connectivity index (χ3v) is 4.57. The fourth-order valence-electron chi connectivity index (χ4n) is 1.85. The van der Waals surface area contributed by atoms with Crippen molar-refractivity contribution in [2.24, 2.45) is 10.2 Å². The topological polar surface area (TPSA) is 65.8 Å². The summed E-state index contributed by atoms with van der Waals surface area (Å²) < 4.78 is 0. The largest absolute Gasteiger partial charge is 0.278 e. The Morgan fingerprint density at radius 3 is 2.29 bits per heavy atom. The number of rotatable bonds is 6. The number of benzene rings is 1. The van der Waals surface area contributed by atoms with Crippen molar-refractivity contribution >= 4 is 46.7 Å². The first-order chi connectivity index (χ1) is 11.8. The van der Waals surface area contributed by atoms with Gasteiger partial charge in [0.15, 0.2) is 0 Å². The summed E-state index contributed by atoms with van der Waals surface area (Å²) in [6.07, 6.45) is 3.36. The van der Waals surface area contributed by atoms with E-state index in [4.69, 9.17) is 0 Å². The van der Waals surface area contributed by atoms with Crippen molar-refractivity contribution in [3.05, 3.63) is 74.6 Å². The van der Waals surface area contributed by atoms with E-state index in [-0.39, 0.29) is 5.91 Å². The van der Waals surface area contributed by atoms with Gasteiger partial charge in [0, 0.05) is 15.3 Å². The number of hydrazone groups is 2. The highest BCUT2D eigenvalue weighted by Gasteiger charge is 2.04. The Morgan fingerprint density at radius 2 is 1.62 bits per heavy atom. The van der Waals surface area contributed by atoms with E-state index in [0.717, 1.165) is 15.4 Å². The molecule has 5 nitrogen and oxygen atoms in total. The van der Waals surface area contributed by atoms with Crippen LogP contribution in [0.15, 0.2) is 69.5 Å². The van der Waals surface area contributed by atoms with Gasteiger partial charge in [-0.15, -0.1) is 22.7 Å². The van der Waals surface area contributed by atoms with Crippen molar-refractivity contribution in [1.29, 1.82) is 0 Å². The second-order valence-electron chi connectivity index (χ2n) is 4.68. The summed E-state index contributed by atoms with van der Waals surface area (Å²) in [5, 5.41) is 12.1. The lowest BCUT2D eigenvalue weighted by atomic mass is 10.2. The van der Waals surface area contributed by atoms with Crippen LogP contribution in [0.2, 0.25) is 0 Å². The molecule has 0 atom stereocenters.